The maximum atomic E-state index is 14.5. The number of anilines is 2. The van der Waals surface area contributed by atoms with E-state index >= 15 is 0 Å². The van der Waals surface area contributed by atoms with Crippen molar-refractivity contribution in [3.63, 3.8) is 0 Å². The monoisotopic (exact) mass is 1540 g/mol. The number of sulfone groups is 1. The minimum Gasteiger partial charge on any atom is -0.461 e. The number of thiazole rings is 1. The number of hydrogen-bond donors (Lipinski definition) is 6. The number of ether oxygens (including phenoxy) is 1. The minimum atomic E-state index is -6.19. The molecule has 2 fully saturated rings. The van der Waals surface area contributed by atoms with Gasteiger partial charge in [-0.1, -0.05) is 105 Å². The Morgan fingerprint density at radius 3 is 2.14 bits per heavy atom. The zero-order valence-corrected chi connectivity index (χ0v) is 64.0. The molecule has 2 saturated heterocycles. The van der Waals surface area contributed by atoms with Gasteiger partial charge in [0.15, 0.2) is 0 Å². The largest absolute Gasteiger partial charge is 0.501 e. The van der Waals surface area contributed by atoms with Crippen LogP contribution in [-0.4, -0.2) is 166 Å². The summed E-state index contributed by atoms with van der Waals surface area (Å²) in [6.07, 6.45) is 6.77. The molecule has 5 atom stereocenters. The van der Waals surface area contributed by atoms with Crippen molar-refractivity contribution >= 4 is 107 Å². The van der Waals surface area contributed by atoms with Crippen LogP contribution in [0.4, 0.5) is 24.5 Å². The second-order valence-corrected chi connectivity index (χ2v) is 33.8. The van der Waals surface area contributed by atoms with Crippen molar-refractivity contribution in [1.29, 1.82) is 0 Å². The number of esters is 1. The van der Waals surface area contributed by atoms with Crippen LogP contribution >= 0.6 is 34.7 Å². The first-order valence-corrected chi connectivity index (χ1v) is 40.7. The minimum absolute atomic E-state index is 0.0370. The van der Waals surface area contributed by atoms with E-state index in [1.807, 2.05) is 106 Å². The topological polar surface area (TPSA) is 275 Å². The van der Waals surface area contributed by atoms with Crippen LogP contribution in [0.1, 0.15) is 145 Å². The van der Waals surface area contributed by atoms with Crippen molar-refractivity contribution in [1.82, 2.24) is 40.4 Å². The number of benzene rings is 5. The number of nitrogens with zero attached hydrogens (tertiary/aromatic N) is 4. The molecule has 0 bridgehead atoms. The Morgan fingerprint density at radius 1 is 0.790 bits per heavy atom. The lowest BCUT2D eigenvalue weighted by molar-refractivity contribution is -0.147. The molecule has 9 rings (SSSR count). The lowest BCUT2D eigenvalue weighted by atomic mass is 9.85. The number of piperazine rings is 1. The second-order valence-electron chi connectivity index (χ2n) is 27.9. The maximum Gasteiger partial charge on any atom is 0.501 e. The average Bonchev–Trinajstić information content (AvgIpc) is 1.15. The summed E-state index contributed by atoms with van der Waals surface area (Å²) in [7, 11) is -11.1. The van der Waals surface area contributed by atoms with E-state index in [-0.39, 0.29) is 48.9 Å². The van der Waals surface area contributed by atoms with Gasteiger partial charge >= 0.3 is 11.5 Å². The highest BCUT2D eigenvalue weighted by molar-refractivity contribution is 7.99. The molecule has 0 spiro atoms. The van der Waals surface area contributed by atoms with Crippen molar-refractivity contribution in [2.45, 2.75) is 169 Å². The number of allylic oxidation sites excluding steroid dienone is 1. The standard InChI is InChI=1S/C76H94ClF3N10O11S4/c1-50(53-22-24-55(25-23-53)70-51(2)83-49-103-70)84-73(95)66-44-61(101-52(3)91)47-90(66)74(96)71(75(4,5)6)86-68(92)20-14-9-15-21-69(93)89-42-40-88(41-43-89)39-36-60(48-102-62-17-11-8-12-18-62)85-65-35-34-63(45-67(65)104(97,98)76(78,79)80)105(99,100)87-72(94)56-28-32-59(33-29-56)82-38-37-81-46-57-16-10-7-13-19-64(57)54-26-30-58(77)31-27-54/h8,11-12,17-18,22-35,45,49-50,60-61,66,71,81-82,85H,7,9-10,13-16,19-21,36-44,46-48H2,1-6H3,(H,84,95)(H,86,92)(H,87,94)/t50-,60+,61+,66-,71+/m0/s1. The summed E-state index contributed by atoms with van der Waals surface area (Å²) in [6, 6.07) is 30.0. The van der Waals surface area contributed by atoms with Crippen LogP contribution in [0.25, 0.3) is 16.0 Å². The number of carbonyl (C=O) groups excluding carboxylic acids is 6. The van der Waals surface area contributed by atoms with Crippen molar-refractivity contribution < 1.29 is 63.5 Å². The third kappa shape index (κ3) is 22.8. The molecule has 105 heavy (non-hydrogen) atoms. The smallest absolute Gasteiger partial charge is 0.461 e. The highest BCUT2D eigenvalue weighted by atomic mass is 35.5. The van der Waals surface area contributed by atoms with Crippen LogP contribution < -0.4 is 31.3 Å². The van der Waals surface area contributed by atoms with Gasteiger partial charge in [-0.25, -0.2) is 26.5 Å². The van der Waals surface area contributed by atoms with Crippen LogP contribution in [0.2, 0.25) is 5.02 Å². The van der Waals surface area contributed by atoms with Gasteiger partial charge in [-0.05, 0) is 153 Å². The van der Waals surface area contributed by atoms with Crippen LogP contribution in [0.15, 0.2) is 147 Å². The van der Waals surface area contributed by atoms with Gasteiger partial charge in [-0.2, -0.15) is 13.2 Å². The SMILES string of the molecule is CC(=O)O[C@@H]1C[C@@H](C(=O)N[C@@H](C)c2ccc(-c3scnc3C)cc2)N(C(=O)[C@@H](NC(=O)CCCCCC(=O)N2CCN(CC[C@H](CSc3ccccc3)Nc3ccc(S(=O)(=O)NC(=O)c4ccc(NCCNCC5=C(c6ccc(Cl)cc6)CCCCC5)cc4)cc3S(=O)(=O)C(F)(F)F)CC2)C(C)(C)C)C1. The van der Waals surface area contributed by atoms with Crippen LogP contribution in [0, 0.1) is 12.3 Å². The molecule has 6 N–H and O–H groups in total. The second kappa shape index (κ2) is 37.1. The Morgan fingerprint density at radius 2 is 1.48 bits per heavy atom. The molecule has 2 aliphatic heterocycles. The molecule has 29 heteroatoms. The number of halogens is 4. The first-order valence-electron chi connectivity index (χ1n) is 35.5. The summed E-state index contributed by atoms with van der Waals surface area (Å²) >= 11 is 9.08. The molecule has 566 valence electrons. The number of unbranched alkanes of at least 4 members (excludes halogenated alkanes) is 2. The summed E-state index contributed by atoms with van der Waals surface area (Å²) in [4.78, 5) is 90.5. The summed E-state index contributed by atoms with van der Waals surface area (Å²) in [6.45, 7) is 14.4. The molecule has 3 heterocycles. The molecular formula is C76H94ClF3N10O11S4. The van der Waals surface area contributed by atoms with Gasteiger partial charge in [0.05, 0.1) is 39.3 Å². The summed E-state index contributed by atoms with van der Waals surface area (Å²) in [5.74, 6) is -2.75. The van der Waals surface area contributed by atoms with E-state index in [1.54, 1.807) is 33.9 Å². The lowest BCUT2D eigenvalue weighted by Crippen LogP contribution is -2.57. The Labute approximate surface area is 627 Å². The van der Waals surface area contributed by atoms with E-state index in [1.165, 1.54) is 52.4 Å². The molecule has 1 aliphatic carbocycles. The summed E-state index contributed by atoms with van der Waals surface area (Å²) < 4.78 is 105. The normalized spacial score (nSPS) is 17.1. The van der Waals surface area contributed by atoms with Gasteiger partial charge in [-0.3, -0.25) is 33.7 Å². The predicted molar refractivity (Wildman–Crippen MR) is 405 cm³/mol. The van der Waals surface area contributed by atoms with Crippen LogP contribution in [0.3, 0.4) is 0 Å². The molecule has 3 aliphatic rings. The molecule has 0 radical (unpaired) electrons. The van der Waals surface area contributed by atoms with Crippen molar-refractivity contribution in [3.05, 3.63) is 160 Å². The van der Waals surface area contributed by atoms with Gasteiger partial charge in [0.1, 0.15) is 23.1 Å². The maximum absolute atomic E-state index is 14.5. The number of hydrogen-bond acceptors (Lipinski definition) is 18. The molecule has 1 aromatic heterocycles. The van der Waals surface area contributed by atoms with Crippen molar-refractivity contribution in [2.24, 2.45) is 5.41 Å². The molecule has 6 aromatic rings. The molecule has 21 nitrogen and oxygen atoms in total. The number of nitrogens with one attached hydrogen (secondary N) is 6. The number of amides is 5. The number of thioether (sulfide) groups is 1. The fourth-order valence-electron chi connectivity index (χ4n) is 13.1. The van der Waals surface area contributed by atoms with E-state index < -0.39 is 100 Å². The molecule has 5 aromatic carbocycles. The number of likely N-dealkylation sites (tertiary alicyclic amines) is 1. The lowest BCUT2D eigenvalue weighted by Gasteiger charge is -2.35. The number of rotatable bonds is 32. The molecule has 5 amide bonds. The van der Waals surface area contributed by atoms with Crippen molar-refractivity contribution in [2.75, 3.05) is 75.3 Å². The van der Waals surface area contributed by atoms with E-state index in [2.05, 4.69) is 48.6 Å². The quantitative estimate of drug-likeness (QED) is 0.0130. The summed E-state index contributed by atoms with van der Waals surface area (Å²) in [5, 5.41) is 16.4. The fraction of sp³-hybridized carbons (Fsp3) is 0.461. The predicted octanol–water partition coefficient (Wildman–Crippen LogP) is 12.6. The van der Waals surface area contributed by atoms with E-state index in [0.717, 1.165) is 77.4 Å². The highest BCUT2D eigenvalue weighted by Gasteiger charge is 2.49. The fourth-order valence-corrected chi connectivity index (χ4v) is 17.1. The first kappa shape index (κ1) is 81.2. The Hall–Kier alpha value is -7.86. The zero-order valence-electron chi connectivity index (χ0n) is 60.0. The van der Waals surface area contributed by atoms with E-state index in [4.69, 9.17) is 16.3 Å². The van der Waals surface area contributed by atoms with Gasteiger partial charge in [-0.15, -0.1) is 23.1 Å². The van der Waals surface area contributed by atoms with Crippen molar-refractivity contribution in [3.8, 4) is 10.4 Å². The van der Waals surface area contributed by atoms with Gasteiger partial charge in [0, 0.05) is 112 Å². The van der Waals surface area contributed by atoms with Crippen LogP contribution in [0.5, 0.6) is 0 Å². The van der Waals surface area contributed by atoms with Gasteiger partial charge in [0.25, 0.3) is 25.8 Å². The van der Waals surface area contributed by atoms with Gasteiger partial charge in [0.2, 0.25) is 23.6 Å². The number of aromatic nitrogens is 1. The first-order chi connectivity index (χ1) is 49.9. The zero-order chi connectivity index (χ0) is 75.6. The molecule has 0 saturated carbocycles. The summed E-state index contributed by atoms with van der Waals surface area (Å²) in [5.41, 5.74) is 1.89. The van der Waals surface area contributed by atoms with E-state index in [0.29, 0.717) is 88.3 Å². The van der Waals surface area contributed by atoms with Crippen LogP contribution in [-0.2, 0) is 48.6 Å². The molecular weight excluding hydrogens is 1450 g/mol. The third-order valence-electron chi connectivity index (χ3n) is 19.0. The van der Waals surface area contributed by atoms with Gasteiger partial charge < -0.3 is 41.1 Å². The molecule has 0 unspecified atom stereocenters. The highest BCUT2D eigenvalue weighted by Crippen LogP contribution is 2.38. The Balaban J connectivity index is 0.741. The number of aryl methyl sites for hydroxylation is 1. The Kier molecular flexibility index (Phi) is 28.7. The Bertz CT molecular complexity index is 4250. The number of carbonyl (C=O) groups is 6. The van der Waals surface area contributed by atoms with E-state index in [9.17, 15) is 58.8 Å². The third-order valence-corrected chi connectivity index (χ3v) is 24.2. The average molecular weight is 1540 g/mol. The number of sulfonamides is 1. The number of alkyl halides is 3.